The van der Waals surface area contributed by atoms with Gasteiger partial charge in [-0.05, 0) is 84.4 Å². The third kappa shape index (κ3) is 0.357. The Morgan fingerprint density at radius 1 is 0.833 bits per heavy atom. The van der Waals surface area contributed by atoms with Crippen molar-refractivity contribution in [2.45, 2.75) is 37.6 Å². The smallest absolute Gasteiger partial charge is 0.0228 e. The quantitative estimate of drug-likeness (QED) is 0.689. The van der Waals surface area contributed by atoms with Gasteiger partial charge in [-0.15, -0.1) is 0 Å². The molecule has 2 spiro atoms. The molecule has 0 amide bonds. The molecule has 0 aromatic heterocycles. The van der Waals surface area contributed by atoms with Crippen molar-refractivity contribution in [2.75, 3.05) is 0 Å². The van der Waals surface area contributed by atoms with E-state index in [0.717, 1.165) is 22.7 Å². The van der Waals surface area contributed by atoms with Crippen LogP contribution < -0.4 is 5.73 Å². The minimum absolute atomic E-state index is 0.367. The van der Waals surface area contributed by atoms with Crippen molar-refractivity contribution in [2.24, 2.45) is 69.8 Å². The third-order valence-corrected chi connectivity index (χ3v) is 10.7. The fourth-order valence-corrected chi connectivity index (χ4v) is 11.7. The lowest BCUT2D eigenvalue weighted by molar-refractivity contribution is -0.360. The zero-order valence-corrected chi connectivity index (χ0v) is 10.8. The van der Waals surface area contributed by atoms with Crippen molar-refractivity contribution in [1.29, 1.82) is 0 Å². The van der Waals surface area contributed by atoms with Gasteiger partial charge < -0.3 is 5.73 Å². The molecule has 1 heteroatoms. The van der Waals surface area contributed by atoms with E-state index in [4.69, 9.17) is 5.73 Å². The highest BCUT2D eigenvalue weighted by molar-refractivity contribution is 5.55. The van der Waals surface area contributed by atoms with Crippen LogP contribution in [0.3, 0.4) is 0 Å². The van der Waals surface area contributed by atoms with Crippen molar-refractivity contribution in [3.05, 3.63) is 0 Å². The van der Waals surface area contributed by atoms with Crippen LogP contribution in [0.25, 0.3) is 0 Å². The van der Waals surface area contributed by atoms with Crippen molar-refractivity contribution in [3.8, 4) is 0 Å². The van der Waals surface area contributed by atoms with E-state index in [0.29, 0.717) is 5.54 Å². The first kappa shape index (κ1) is 8.29. The van der Waals surface area contributed by atoms with Crippen molar-refractivity contribution in [3.63, 3.8) is 0 Å². The molecular formula is C17H21N. The van der Waals surface area contributed by atoms with E-state index in [-0.39, 0.29) is 0 Å². The maximum Gasteiger partial charge on any atom is 0.0228 e. The number of hydrogen-bond donors (Lipinski definition) is 1. The Kier molecular flexibility index (Phi) is 0.797. The van der Waals surface area contributed by atoms with Crippen LogP contribution in [0.5, 0.6) is 0 Å². The Bertz CT molecular complexity index is 524. The van der Waals surface area contributed by atoms with Gasteiger partial charge in [0.1, 0.15) is 0 Å². The molecule has 2 N–H and O–H groups in total. The average Bonchev–Trinajstić information content (AvgIpc) is 2.77. The van der Waals surface area contributed by atoms with Crippen LogP contribution >= 0.6 is 0 Å². The van der Waals surface area contributed by atoms with E-state index in [1.807, 2.05) is 0 Å². The van der Waals surface area contributed by atoms with E-state index in [2.05, 4.69) is 0 Å². The second-order valence-electron chi connectivity index (χ2n) is 9.57. The summed E-state index contributed by atoms with van der Waals surface area (Å²) in [6, 6.07) is 0. The summed E-state index contributed by atoms with van der Waals surface area (Å²) in [5, 5.41) is 0. The van der Waals surface area contributed by atoms with Gasteiger partial charge in [-0.3, -0.25) is 0 Å². The summed E-state index contributed by atoms with van der Waals surface area (Å²) in [5.41, 5.74) is 8.89. The summed E-state index contributed by atoms with van der Waals surface area (Å²) in [7, 11) is 0. The van der Waals surface area contributed by atoms with Gasteiger partial charge in [0.2, 0.25) is 0 Å². The van der Waals surface area contributed by atoms with Crippen LogP contribution in [0.2, 0.25) is 0 Å². The van der Waals surface area contributed by atoms with Gasteiger partial charge in [0, 0.05) is 11.0 Å². The molecule has 0 saturated heterocycles. The van der Waals surface area contributed by atoms with Gasteiger partial charge in [0.15, 0.2) is 0 Å². The Hall–Kier alpha value is -0.0400. The predicted octanol–water partition coefficient (Wildman–Crippen LogP) is 2.26. The third-order valence-electron chi connectivity index (χ3n) is 10.7. The first-order valence-electron chi connectivity index (χ1n) is 8.57. The fraction of sp³-hybridized carbons (Fsp3) is 1.00. The normalized spacial score (nSPS) is 92.8. The first-order chi connectivity index (χ1) is 8.78. The van der Waals surface area contributed by atoms with Crippen LogP contribution in [-0.4, -0.2) is 5.54 Å². The fourth-order valence-electron chi connectivity index (χ4n) is 11.7. The van der Waals surface area contributed by atoms with Crippen LogP contribution in [0.4, 0.5) is 0 Å². The second-order valence-corrected chi connectivity index (χ2v) is 9.57. The van der Waals surface area contributed by atoms with Crippen molar-refractivity contribution < 1.29 is 0 Å². The molecule has 0 aliphatic heterocycles. The average molecular weight is 239 g/mol. The van der Waals surface area contributed by atoms with Gasteiger partial charge in [0.05, 0.1) is 0 Å². The molecule has 9 fully saturated rings. The summed E-state index contributed by atoms with van der Waals surface area (Å²) in [6.45, 7) is 0. The number of hydrogen-bond acceptors (Lipinski definition) is 1. The molecule has 8 unspecified atom stereocenters. The van der Waals surface area contributed by atoms with Gasteiger partial charge in [-0.2, -0.15) is 0 Å². The second kappa shape index (κ2) is 1.73. The van der Waals surface area contributed by atoms with Crippen molar-refractivity contribution >= 4 is 0 Å². The SMILES string of the molecule is NC12CC3C4C5C6C7CCCC8C7C6(C84)C31C5C2. The van der Waals surface area contributed by atoms with Gasteiger partial charge in [-0.25, -0.2) is 0 Å². The lowest BCUT2D eigenvalue weighted by atomic mass is 9.20. The van der Waals surface area contributed by atoms with Crippen LogP contribution in [0.15, 0.2) is 0 Å². The molecule has 0 aromatic rings. The van der Waals surface area contributed by atoms with Gasteiger partial charge in [-0.1, -0.05) is 6.42 Å². The minimum Gasteiger partial charge on any atom is -0.325 e. The highest BCUT2D eigenvalue weighted by Crippen LogP contribution is 3.08. The molecule has 1 nitrogen and oxygen atoms in total. The van der Waals surface area contributed by atoms with Gasteiger partial charge >= 0.3 is 0 Å². The summed E-state index contributed by atoms with van der Waals surface area (Å²) in [4.78, 5) is 0. The lowest BCUT2D eigenvalue weighted by Gasteiger charge is -2.84. The molecule has 18 heavy (non-hydrogen) atoms. The Balaban J connectivity index is 1.51. The molecule has 4 bridgehead atoms. The van der Waals surface area contributed by atoms with E-state index in [1.54, 1.807) is 19.3 Å². The Morgan fingerprint density at radius 2 is 1.44 bits per heavy atom. The first-order valence-corrected chi connectivity index (χ1v) is 8.57. The zero-order chi connectivity index (χ0) is 11.2. The molecule has 9 aliphatic carbocycles. The van der Waals surface area contributed by atoms with Gasteiger partial charge in [0.25, 0.3) is 0 Å². The summed E-state index contributed by atoms with van der Waals surface area (Å²) >= 11 is 0. The molecule has 8 atom stereocenters. The molecule has 9 aliphatic rings. The standard InChI is InChI=1S/C17H21N/c18-15-4-8-10-11-9(5-15)17(8,15)16-12-6(13(10)16)2-1-3-7(12)14(11)16/h6-14H,1-5,18H2. The van der Waals surface area contributed by atoms with Crippen LogP contribution in [0, 0.1) is 64.1 Å². The monoisotopic (exact) mass is 239 g/mol. The van der Waals surface area contributed by atoms with E-state index >= 15 is 0 Å². The topological polar surface area (TPSA) is 26.0 Å². The molecule has 0 radical (unpaired) electrons. The molecule has 94 valence electrons. The maximum absolute atomic E-state index is 6.88. The lowest BCUT2D eigenvalue weighted by Crippen LogP contribution is -2.86. The largest absolute Gasteiger partial charge is 0.325 e. The predicted molar refractivity (Wildman–Crippen MR) is 66.3 cm³/mol. The Morgan fingerprint density at radius 3 is 2.00 bits per heavy atom. The number of rotatable bonds is 0. The maximum atomic E-state index is 6.88. The molecule has 9 saturated carbocycles. The van der Waals surface area contributed by atoms with E-state index in [9.17, 15) is 0 Å². The number of nitrogens with two attached hydrogens (primary N) is 1. The molecule has 0 aromatic carbocycles. The van der Waals surface area contributed by atoms with Crippen LogP contribution in [-0.2, 0) is 0 Å². The summed E-state index contributed by atoms with van der Waals surface area (Å²) in [6.07, 6.45) is 7.67. The zero-order valence-electron chi connectivity index (χ0n) is 10.8. The molecule has 9 rings (SSSR count). The Labute approximate surface area is 108 Å². The summed E-state index contributed by atoms with van der Waals surface area (Å²) < 4.78 is 0. The highest BCUT2D eigenvalue weighted by atomic mass is 15.2. The van der Waals surface area contributed by atoms with Crippen molar-refractivity contribution in [1.82, 2.24) is 0 Å². The molecule has 0 heterocycles. The van der Waals surface area contributed by atoms with E-state index < -0.39 is 0 Å². The van der Waals surface area contributed by atoms with E-state index in [1.165, 1.54) is 54.3 Å². The van der Waals surface area contributed by atoms with Crippen LogP contribution in [0.1, 0.15) is 32.1 Å². The summed E-state index contributed by atoms with van der Waals surface area (Å²) in [5.74, 6) is 10.7. The minimum atomic E-state index is 0.367. The molecular weight excluding hydrogens is 218 g/mol. The highest BCUT2D eigenvalue weighted by Gasteiger charge is 3.07.